The van der Waals surface area contributed by atoms with Crippen LogP contribution < -0.4 is 5.32 Å². The summed E-state index contributed by atoms with van der Waals surface area (Å²) in [5, 5.41) is 2.94. The van der Waals surface area contributed by atoms with E-state index in [2.05, 4.69) is 27.9 Å². The molecule has 1 atom stereocenters. The van der Waals surface area contributed by atoms with E-state index in [1.807, 2.05) is 36.1 Å². The van der Waals surface area contributed by atoms with E-state index in [1.165, 1.54) is 0 Å². The summed E-state index contributed by atoms with van der Waals surface area (Å²) in [7, 11) is 0. The number of benzene rings is 1. The zero-order valence-electron chi connectivity index (χ0n) is 11.6. The standard InChI is InChI=1S/C15H19IN2O2/c1-2-14(19)18-9-3-4-11(10-18)15(20)17-13-7-5-12(16)6-8-13/h5-8,11H,2-4,9-10H2,1H3,(H,17,20). The number of likely N-dealkylation sites (tertiary alicyclic amines) is 1. The molecule has 108 valence electrons. The number of hydrogen-bond donors (Lipinski definition) is 1. The average molecular weight is 386 g/mol. The van der Waals surface area contributed by atoms with Crippen molar-refractivity contribution in [3.63, 3.8) is 0 Å². The molecule has 1 aliphatic rings. The van der Waals surface area contributed by atoms with E-state index >= 15 is 0 Å². The number of rotatable bonds is 3. The maximum absolute atomic E-state index is 12.3. The van der Waals surface area contributed by atoms with E-state index in [1.54, 1.807) is 0 Å². The summed E-state index contributed by atoms with van der Waals surface area (Å²) in [6.07, 6.45) is 2.26. The number of hydrogen-bond acceptors (Lipinski definition) is 2. The van der Waals surface area contributed by atoms with Crippen molar-refractivity contribution >= 4 is 40.1 Å². The molecule has 0 saturated carbocycles. The number of halogens is 1. The van der Waals surface area contributed by atoms with Gasteiger partial charge < -0.3 is 10.2 Å². The van der Waals surface area contributed by atoms with Crippen molar-refractivity contribution in [2.45, 2.75) is 26.2 Å². The molecule has 1 heterocycles. The van der Waals surface area contributed by atoms with Crippen LogP contribution >= 0.6 is 22.6 Å². The van der Waals surface area contributed by atoms with Gasteiger partial charge in [0, 0.05) is 28.8 Å². The zero-order valence-corrected chi connectivity index (χ0v) is 13.7. The van der Waals surface area contributed by atoms with Crippen molar-refractivity contribution < 1.29 is 9.59 Å². The molecule has 0 aromatic heterocycles. The Hall–Kier alpha value is -1.11. The highest BCUT2D eigenvalue weighted by Crippen LogP contribution is 2.20. The first kappa shape index (κ1) is 15.3. The predicted octanol–water partition coefficient (Wildman–Crippen LogP) is 2.88. The molecule has 1 aliphatic heterocycles. The molecule has 0 spiro atoms. The summed E-state index contributed by atoms with van der Waals surface area (Å²) in [5.41, 5.74) is 0.814. The quantitative estimate of drug-likeness (QED) is 0.813. The average Bonchev–Trinajstić information content (AvgIpc) is 2.49. The third-order valence-corrected chi connectivity index (χ3v) is 4.28. The first-order valence-corrected chi connectivity index (χ1v) is 8.02. The first-order valence-electron chi connectivity index (χ1n) is 6.94. The molecule has 1 fully saturated rings. The molecule has 2 amide bonds. The zero-order chi connectivity index (χ0) is 14.5. The molecule has 5 heteroatoms. The van der Waals surface area contributed by atoms with Crippen molar-refractivity contribution in [3.05, 3.63) is 27.8 Å². The molecule has 1 saturated heterocycles. The lowest BCUT2D eigenvalue weighted by Crippen LogP contribution is -2.43. The molecule has 0 bridgehead atoms. The van der Waals surface area contributed by atoms with Crippen LogP contribution in [0.5, 0.6) is 0 Å². The van der Waals surface area contributed by atoms with Gasteiger partial charge in [-0.1, -0.05) is 6.92 Å². The molecule has 1 aromatic carbocycles. The van der Waals surface area contributed by atoms with Crippen LogP contribution in [0.25, 0.3) is 0 Å². The van der Waals surface area contributed by atoms with Crippen molar-refractivity contribution in [2.24, 2.45) is 5.92 Å². The summed E-state index contributed by atoms with van der Waals surface area (Å²) in [6, 6.07) is 7.73. The number of nitrogens with one attached hydrogen (secondary N) is 1. The van der Waals surface area contributed by atoms with Crippen molar-refractivity contribution in [1.29, 1.82) is 0 Å². The minimum Gasteiger partial charge on any atom is -0.342 e. The van der Waals surface area contributed by atoms with Crippen LogP contribution in [0.4, 0.5) is 5.69 Å². The third-order valence-electron chi connectivity index (χ3n) is 3.56. The Morgan fingerprint density at radius 3 is 2.70 bits per heavy atom. The van der Waals surface area contributed by atoms with Crippen LogP contribution in [0.3, 0.4) is 0 Å². The van der Waals surface area contributed by atoms with E-state index in [-0.39, 0.29) is 17.7 Å². The van der Waals surface area contributed by atoms with Crippen molar-refractivity contribution in [2.75, 3.05) is 18.4 Å². The third kappa shape index (κ3) is 3.94. The monoisotopic (exact) mass is 386 g/mol. The topological polar surface area (TPSA) is 49.4 Å². The van der Waals surface area contributed by atoms with Crippen LogP contribution in [0.1, 0.15) is 26.2 Å². The second-order valence-corrected chi connectivity index (χ2v) is 6.27. The van der Waals surface area contributed by atoms with Gasteiger partial charge in [0.05, 0.1) is 5.92 Å². The molecule has 2 rings (SSSR count). The fourth-order valence-electron chi connectivity index (χ4n) is 2.42. The maximum Gasteiger partial charge on any atom is 0.229 e. The van der Waals surface area contributed by atoms with Gasteiger partial charge in [0.2, 0.25) is 11.8 Å². The van der Waals surface area contributed by atoms with Crippen LogP contribution in [0, 0.1) is 9.49 Å². The minimum absolute atomic E-state index is 0.0137. The van der Waals surface area contributed by atoms with Gasteiger partial charge in [-0.05, 0) is 59.7 Å². The summed E-state index contributed by atoms with van der Waals surface area (Å²) < 4.78 is 1.14. The predicted molar refractivity (Wildman–Crippen MR) is 87.4 cm³/mol. The molecule has 0 aliphatic carbocycles. The Balaban J connectivity index is 1.95. The highest BCUT2D eigenvalue weighted by molar-refractivity contribution is 14.1. The largest absolute Gasteiger partial charge is 0.342 e. The van der Waals surface area contributed by atoms with E-state index in [4.69, 9.17) is 0 Å². The lowest BCUT2D eigenvalue weighted by Gasteiger charge is -2.31. The summed E-state index contributed by atoms with van der Waals surface area (Å²) >= 11 is 2.23. The van der Waals surface area contributed by atoms with Gasteiger partial charge in [0.15, 0.2) is 0 Å². The Bertz CT molecular complexity index is 487. The second-order valence-electron chi connectivity index (χ2n) is 5.03. The molecule has 4 nitrogen and oxygen atoms in total. The molecular formula is C15H19IN2O2. The Morgan fingerprint density at radius 2 is 2.05 bits per heavy atom. The lowest BCUT2D eigenvalue weighted by atomic mass is 9.96. The molecule has 1 N–H and O–H groups in total. The van der Waals surface area contributed by atoms with Crippen LogP contribution in [-0.4, -0.2) is 29.8 Å². The number of carbonyl (C=O) groups excluding carboxylic acids is 2. The normalized spacial score (nSPS) is 18.7. The molecule has 1 unspecified atom stereocenters. The van der Waals surface area contributed by atoms with Gasteiger partial charge >= 0.3 is 0 Å². The first-order chi connectivity index (χ1) is 9.60. The van der Waals surface area contributed by atoms with Crippen molar-refractivity contribution in [3.8, 4) is 0 Å². The van der Waals surface area contributed by atoms with Gasteiger partial charge in [-0.25, -0.2) is 0 Å². The van der Waals surface area contributed by atoms with Crippen LogP contribution in [0.15, 0.2) is 24.3 Å². The highest BCUT2D eigenvalue weighted by atomic mass is 127. The van der Waals surface area contributed by atoms with E-state index < -0.39 is 0 Å². The van der Waals surface area contributed by atoms with Crippen molar-refractivity contribution in [1.82, 2.24) is 4.90 Å². The molecule has 0 radical (unpaired) electrons. The number of amides is 2. The Kier molecular flexibility index (Phi) is 5.39. The summed E-state index contributed by atoms with van der Waals surface area (Å²) in [4.78, 5) is 25.8. The van der Waals surface area contributed by atoms with Gasteiger partial charge in [0.25, 0.3) is 0 Å². The molecular weight excluding hydrogens is 367 g/mol. The lowest BCUT2D eigenvalue weighted by molar-refractivity contribution is -0.134. The van der Waals surface area contributed by atoms with Gasteiger partial charge in [-0.3, -0.25) is 9.59 Å². The molecule has 1 aromatic rings. The maximum atomic E-state index is 12.3. The van der Waals surface area contributed by atoms with Gasteiger partial charge in [-0.15, -0.1) is 0 Å². The van der Waals surface area contributed by atoms with E-state index in [0.717, 1.165) is 28.6 Å². The SMILES string of the molecule is CCC(=O)N1CCCC(C(=O)Nc2ccc(I)cc2)C1. The number of nitrogens with zero attached hydrogens (tertiary/aromatic N) is 1. The van der Waals surface area contributed by atoms with E-state index in [0.29, 0.717) is 13.0 Å². The molecule has 20 heavy (non-hydrogen) atoms. The Morgan fingerprint density at radius 1 is 1.35 bits per heavy atom. The second kappa shape index (κ2) is 7.06. The van der Waals surface area contributed by atoms with Crippen LogP contribution in [0.2, 0.25) is 0 Å². The number of piperidine rings is 1. The highest BCUT2D eigenvalue weighted by Gasteiger charge is 2.27. The van der Waals surface area contributed by atoms with E-state index in [9.17, 15) is 9.59 Å². The van der Waals surface area contributed by atoms with Gasteiger partial charge in [0.1, 0.15) is 0 Å². The van der Waals surface area contributed by atoms with Crippen LogP contribution in [-0.2, 0) is 9.59 Å². The Labute approximate surface area is 133 Å². The number of carbonyl (C=O) groups is 2. The summed E-state index contributed by atoms with van der Waals surface area (Å²) in [5.74, 6) is 0.0510. The minimum atomic E-state index is -0.0986. The van der Waals surface area contributed by atoms with Gasteiger partial charge in [-0.2, -0.15) is 0 Å². The summed E-state index contributed by atoms with van der Waals surface area (Å²) in [6.45, 7) is 3.18. The fourth-order valence-corrected chi connectivity index (χ4v) is 2.78. The number of anilines is 1. The fraction of sp³-hybridized carbons (Fsp3) is 0.467. The smallest absolute Gasteiger partial charge is 0.229 e.